The molecule has 1 aliphatic rings. The third-order valence-electron chi connectivity index (χ3n) is 5.98. The van der Waals surface area contributed by atoms with Crippen LogP contribution in [0.1, 0.15) is 12.8 Å². The van der Waals surface area contributed by atoms with Gasteiger partial charge in [-0.1, -0.05) is 24.3 Å². The van der Waals surface area contributed by atoms with E-state index in [0.29, 0.717) is 43.2 Å². The summed E-state index contributed by atoms with van der Waals surface area (Å²) in [5, 5.41) is 14.3. The maximum Gasteiger partial charge on any atom is 0.292 e. The van der Waals surface area contributed by atoms with E-state index in [4.69, 9.17) is 4.42 Å². The van der Waals surface area contributed by atoms with Crippen molar-refractivity contribution >= 4 is 34.1 Å². The fourth-order valence-electron chi connectivity index (χ4n) is 4.20. The number of anilines is 2. The van der Waals surface area contributed by atoms with Gasteiger partial charge < -0.3 is 14.6 Å². The lowest BCUT2D eigenvalue weighted by Crippen LogP contribution is -2.38. The van der Waals surface area contributed by atoms with Gasteiger partial charge in [-0.2, -0.15) is 0 Å². The topological polar surface area (TPSA) is 102 Å². The Balaban J connectivity index is 1.21. The van der Waals surface area contributed by atoms with Gasteiger partial charge in [0.25, 0.3) is 5.69 Å². The van der Waals surface area contributed by atoms with Crippen molar-refractivity contribution in [3.8, 4) is 11.5 Å². The zero-order valence-electron chi connectivity index (χ0n) is 17.8. The molecule has 1 fully saturated rings. The average Bonchev–Trinajstić information content (AvgIpc) is 3.29. The van der Waals surface area contributed by atoms with Crippen molar-refractivity contribution in [2.75, 3.05) is 23.3 Å². The molecule has 33 heavy (non-hydrogen) atoms. The molecule has 0 unspecified atom stereocenters. The highest BCUT2D eigenvalue weighted by Gasteiger charge is 2.28. The average molecular weight is 442 g/mol. The van der Waals surface area contributed by atoms with E-state index in [1.54, 1.807) is 18.2 Å². The van der Waals surface area contributed by atoms with Crippen molar-refractivity contribution in [2.45, 2.75) is 12.8 Å². The van der Waals surface area contributed by atoms with E-state index >= 15 is 0 Å². The summed E-state index contributed by atoms with van der Waals surface area (Å²) in [5.41, 5.74) is 3.78. The minimum atomic E-state index is -0.362. The van der Waals surface area contributed by atoms with Crippen LogP contribution in [-0.2, 0) is 4.79 Å². The fourth-order valence-corrected chi connectivity index (χ4v) is 4.20. The predicted octanol–water partition coefficient (Wildman–Crippen LogP) is 5.26. The Morgan fingerprint density at radius 3 is 2.42 bits per heavy atom. The van der Waals surface area contributed by atoms with Crippen molar-refractivity contribution < 1.29 is 14.1 Å². The minimum Gasteiger partial charge on any atom is -0.436 e. The van der Waals surface area contributed by atoms with E-state index < -0.39 is 0 Å². The quantitative estimate of drug-likeness (QED) is 0.334. The Morgan fingerprint density at radius 2 is 1.70 bits per heavy atom. The summed E-state index contributed by atoms with van der Waals surface area (Å²) in [4.78, 5) is 30.2. The number of nitro benzene ring substituents is 1. The molecular formula is C25H22N4O4. The summed E-state index contributed by atoms with van der Waals surface area (Å²) >= 11 is 0. The molecule has 3 aromatic carbocycles. The van der Waals surface area contributed by atoms with E-state index in [-0.39, 0.29) is 22.4 Å². The highest BCUT2D eigenvalue weighted by Crippen LogP contribution is 2.31. The second-order valence-corrected chi connectivity index (χ2v) is 8.06. The number of aromatic nitrogens is 1. The molecule has 8 heteroatoms. The Hall–Kier alpha value is -4.20. The lowest BCUT2D eigenvalue weighted by Gasteiger charge is -2.32. The van der Waals surface area contributed by atoms with Crippen LogP contribution in [0.25, 0.3) is 22.6 Å². The number of benzene rings is 3. The molecule has 1 N–H and O–H groups in total. The first-order valence-corrected chi connectivity index (χ1v) is 10.8. The van der Waals surface area contributed by atoms with Crippen molar-refractivity contribution in [1.29, 1.82) is 0 Å². The van der Waals surface area contributed by atoms with Gasteiger partial charge in [0.2, 0.25) is 11.8 Å². The highest BCUT2D eigenvalue weighted by molar-refractivity contribution is 5.93. The summed E-state index contributed by atoms with van der Waals surface area (Å²) in [6, 6.07) is 21.8. The van der Waals surface area contributed by atoms with Crippen LogP contribution in [-0.4, -0.2) is 28.9 Å². The zero-order chi connectivity index (χ0) is 22.8. The summed E-state index contributed by atoms with van der Waals surface area (Å²) in [6.45, 7) is 1.19. The smallest absolute Gasteiger partial charge is 0.292 e. The number of hydrogen-bond acceptors (Lipinski definition) is 6. The number of nitro groups is 1. The van der Waals surface area contributed by atoms with Crippen molar-refractivity contribution in [2.24, 2.45) is 5.92 Å². The number of hydrogen-bond donors (Lipinski definition) is 1. The molecule has 1 aliphatic heterocycles. The second-order valence-electron chi connectivity index (χ2n) is 8.06. The maximum absolute atomic E-state index is 12.8. The number of piperidine rings is 1. The van der Waals surface area contributed by atoms with Crippen LogP contribution in [0.4, 0.5) is 17.1 Å². The Morgan fingerprint density at radius 1 is 1.00 bits per heavy atom. The molecule has 0 atom stereocenters. The SMILES string of the molecule is O=C(Nc1ccc(-c2nc3ccccc3o2)cc1)C1CCN(c2ccccc2[N+](=O)[O-])CC1. The van der Waals surface area contributed by atoms with E-state index in [0.717, 1.165) is 16.7 Å². The van der Waals surface area contributed by atoms with Gasteiger partial charge >= 0.3 is 0 Å². The van der Waals surface area contributed by atoms with Crippen LogP contribution in [0.2, 0.25) is 0 Å². The van der Waals surface area contributed by atoms with Crippen molar-refractivity contribution in [3.05, 3.63) is 82.9 Å². The summed E-state index contributed by atoms with van der Waals surface area (Å²) in [5.74, 6) is 0.365. The van der Waals surface area contributed by atoms with E-state index in [9.17, 15) is 14.9 Å². The number of oxazole rings is 1. The molecule has 0 aliphatic carbocycles. The number of rotatable bonds is 5. The zero-order valence-corrected chi connectivity index (χ0v) is 17.8. The Bertz CT molecular complexity index is 1270. The molecule has 0 bridgehead atoms. The van der Waals surface area contributed by atoms with Crippen LogP contribution < -0.4 is 10.2 Å². The molecule has 1 aromatic heterocycles. The van der Waals surface area contributed by atoms with Gasteiger partial charge in [-0.15, -0.1) is 0 Å². The van der Waals surface area contributed by atoms with Gasteiger partial charge in [0.05, 0.1) is 4.92 Å². The van der Waals surface area contributed by atoms with Gasteiger partial charge in [-0.05, 0) is 55.3 Å². The van der Waals surface area contributed by atoms with Gasteiger partial charge in [0.15, 0.2) is 5.58 Å². The first kappa shape index (κ1) is 20.7. The molecule has 0 saturated carbocycles. The molecule has 166 valence electrons. The molecule has 1 amide bonds. The van der Waals surface area contributed by atoms with E-state index in [1.165, 1.54) is 6.07 Å². The first-order valence-electron chi connectivity index (χ1n) is 10.8. The summed E-state index contributed by atoms with van der Waals surface area (Å²) < 4.78 is 5.79. The molecule has 8 nitrogen and oxygen atoms in total. The number of nitrogens with zero attached hydrogens (tertiary/aromatic N) is 3. The summed E-state index contributed by atoms with van der Waals surface area (Å²) in [7, 11) is 0. The van der Waals surface area contributed by atoms with Crippen LogP contribution in [0.5, 0.6) is 0 Å². The number of carbonyl (C=O) groups excluding carboxylic acids is 1. The first-order chi connectivity index (χ1) is 16.1. The highest BCUT2D eigenvalue weighted by atomic mass is 16.6. The number of amides is 1. The van der Waals surface area contributed by atoms with Gasteiger partial charge in [-0.3, -0.25) is 14.9 Å². The number of carbonyl (C=O) groups is 1. The van der Waals surface area contributed by atoms with Crippen LogP contribution in [0.3, 0.4) is 0 Å². The number of para-hydroxylation sites is 4. The van der Waals surface area contributed by atoms with E-state index in [1.807, 2.05) is 53.4 Å². The summed E-state index contributed by atoms with van der Waals surface area (Å²) in [6.07, 6.45) is 1.28. The largest absolute Gasteiger partial charge is 0.436 e. The fraction of sp³-hybridized carbons (Fsp3) is 0.200. The number of nitrogens with one attached hydrogen (secondary N) is 1. The van der Waals surface area contributed by atoms with E-state index in [2.05, 4.69) is 10.3 Å². The Kier molecular flexibility index (Phi) is 5.48. The monoisotopic (exact) mass is 442 g/mol. The van der Waals surface area contributed by atoms with Crippen molar-refractivity contribution in [3.63, 3.8) is 0 Å². The molecular weight excluding hydrogens is 420 g/mol. The lowest BCUT2D eigenvalue weighted by atomic mass is 9.95. The van der Waals surface area contributed by atoms with Crippen LogP contribution in [0, 0.1) is 16.0 Å². The minimum absolute atomic E-state index is 0.0353. The van der Waals surface area contributed by atoms with Gasteiger partial charge in [0.1, 0.15) is 11.2 Å². The molecule has 0 radical (unpaired) electrons. The third-order valence-corrected chi connectivity index (χ3v) is 5.98. The van der Waals surface area contributed by atoms with Gasteiger partial charge in [0, 0.05) is 36.3 Å². The molecule has 4 aromatic rings. The standard InChI is InChI=1S/C25H22N4O4/c30-24(17-13-15-28(16-14-17)21-6-2-3-7-22(21)29(31)32)26-19-11-9-18(10-12-19)25-27-20-5-1-4-8-23(20)33-25/h1-12,17H,13-16H2,(H,26,30). The molecule has 1 saturated heterocycles. The Labute approximate surface area is 190 Å². The molecule has 2 heterocycles. The predicted molar refractivity (Wildman–Crippen MR) is 126 cm³/mol. The van der Waals surface area contributed by atoms with Crippen LogP contribution in [0.15, 0.2) is 77.2 Å². The third kappa shape index (κ3) is 4.27. The van der Waals surface area contributed by atoms with Crippen LogP contribution >= 0.6 is 0 Å². The molecule has 5 rings (SSSR count). The lowest BCUT2D eigenvalue weighted by molar-refractivity contribution is -0.384. The van der Waals surface area contributed by atoms with Gasteiger partial charge in [-0.25, -0.2) is 4.98 Å². The maximum atomic E-state index is 12.8. The second kappa shape index (κ2) is 8.74. The number of fused-ring (bicyclic) bond motifs is 1. The van der Waals surface area contributed by atoms with Crippen molar-refractivity contribution in [1.82, 2.24) is 4.98 Å². The normalized spacial score (nSPS) is 14.4. The molecule has 0 spiro atoms.